The lowest BCUT2D eigenvalue weighted by Crippen LogP contribution is -2.38. The van der Waals surface area contributed by atoms with Gasteiger partial charge in [-0.05, 0) is 70.9 Å². The second-order valence-electron chi connectivity index (χ2n) is 7.91. The minimum absolute atomic E-state index is 0. The number of carbonyl (C=O) groups excluding carboxylic acids is 1. The van der Waals surface area contributed by atoms with Crippen LogP contribution >= 0.6 is 23.7 Å². The molecule has 1 aromatic heterocycles. The highest BCUT2D eigenvalue weighted by Gasteiger charge is 2.28. The molecule has 150 valence electrons. The number of anilines is 1. The van der Waals surface area contributed by atoms with Gasteiger partial charge >= 0.3 is 0 Å². The Labute approximate surface area is 173 Å². The van der Waals surface area contributed by atoms with Gasteiger partial charge in [0.05, 0.1) is 10.2 Å². The summed E-state index contributed by atoms with van der Waals surface area (Å²) in [5.41, 5.74) is 3.49. The van der Waals surface area contributed by atoms with Gasteiger partial charge in [0, 0.05) is 12.5 Å². The van der Waals surface area contributed by atoms with Gasteiger partial charge in [-0.3, -0.25) is 9.69 Å². The molecule has 1 aliphatic rings. The van der Waals surface area contributed by atoms with Gasteiger partial charge in [0.1, 0.15) is 0 Å². The fourth-order valence-corrected chi connectivity index (χ4v) is 5.06. The second-order valence-corrected chi connectivity index (χ2v) is 8.92. The lowest BCUT2D eigenvalue weighted by Gasteiger charge is -2.28. The summed E-state index contributed by atoms with van der Waals surface area (Å²) in [6, 6.07) is 4.36. The zero-order chi connectivity index (χ0) is 18.7. The second kappa shape index (κ2) is 9.85. The highest BCUT2D eigenvalue weighted by molar-refractivity contribution is 7.22. The van der Waals surface area contributed by atoms with E-state index in [0.717, 1.165) is 43.0 Å². The maximum atomic E-state index is 13.3. The van der Waals surface area contributed by atoms with E-state index in [1.807, 2.05) is 4.90 Å². The number of fused-ring (bicyclic) bond motifs is 1. The summed E-state index contributed by atoms with van der Waals surface area (Å²) >= 11 is 1.67. The van der Waals surface area contributed by atoms with Gasteiger partial charge in [0.2, 0.25) is 5.91 Å². The molecule has 1 saturated carbocycles. The topological polar surface area (TPSA) is 36.4 Å². The van der Waals surface area contributed by atoms with Crippen molar-refractivity contribution >= 4 is 45.0 Å². The molecular formula is C21H32ClN3OS. The Balaban J connectivity index is 0.00000261. The molecule has 0 atom stereocenters. The molecule has 1 fully saturated rings. The van der Waals surface area contributed by atoms with Crippen molar-refractivity contribution < 1.29 is 4.79 Å². The maximum Gasteiger partial charge on any atom is 0.231 e. The van der Waals surface area contributed by atoms with E-state index in [1.54, 1.807) is 11.3 Å². The Morgan fingerprint density at radius 3 is 2.52 bits per heavy atom. The molecule has 0 radical (unpaired) electrons. The van der Waals surface area contributed by atoms with Crippen molar-refractivity contribution in [2.45, 2.75) is 52.4 Å². The number of aromatic nitrogens is 1. The van der Waals surface area contributed by atoms with E-state index in [4.69, 9.17) is 4.98 Å². The molecule has 1 aromatic carbocycles. The molecule has 1 amide bonds. The van der Waals surface area contributed by atoms with Gasteiger partial charge in [-0.15, -0.1) is 12.4 Å². The molecule has 4 nitrogen and oxygen atoms in total. The van der Waals surface area contributed by atoms with Crippen LogP contribution in [-0.2, 0) is 4.79 Å². The lowest BCUT2D eigenvalue weighted by molar-refractivity contribution is -0.123. The molecule has 0 unspecified atom stereocenters. The number of hydrogen-bond donors (Lipinski definition) is 0. The van der Waals surface area contributed by atoms with Gasteiger partial charge < -0.3 is 4.90 Å². The molecule has 1 heterocycles. The van der Waals surface area contributed by atoms with E-state index in [1.165, 1.54) is 35.1 Å². The highest BCUT2D eigenvalue weighted by Crippen LogP contribution is 2.34. The minimum Gasteiger partial charge on any atom is -0.309 e. The number of hydrogen-bond acceptors (Lipinski definition) is 4. The molecule has 27 heavy (non-hydrogen) atoms. The van der Waals surface area contributed by atoms with E-state index in [-0.39, 0.29) is 24.2 Å². The SMILES string of the molecule is Cc1cc(C)c2nc(N(CCCN(C)C)C(=O)C3CCCCC3)sc2c1.Cl. The van der Waals surface area contributed by atoms with Crippen LogP contribution in [0, 0.1) is 19.8 Å². The molecule has 1 aliphatic carbocycles. The van der Waals surface area contributed by atoms with Crippen LogP contribution in [0.3, 0.4) is 0 Å². The van der Waals surface area contributed by atoms with E-state index in [2.05, 4.69) is 45.0 Å². The summed E-state index contributed by atoms with van der Waals surface area (Å²) in [6.45, 7) is 5.97. The number of halogens is 1. The van der Waals surface area contributed by atoms with E-state index < -0.39 is 0 Å². The van der Waals surface area contributed by atoms with Crippen molar-refractivity contribution in [2.75, 3.05) is 32.1 Å². The number of benzene rings is 1. The number of aryl methyl sites for hydroxylation is 2. The van der Waals surface area contributed by atoms with Crippen LogP contribution < -0.4 is 4.90 Å². The first-order valence-corrected chi connectivity index (χ1v) is 10.6. The van der Waals surface area contributed by atoms with Crippen molar-refractivity contribution in [3.63, 3.8) is 0 Å². The third-order valence-electron chi connectivity index (χ3n) is 5.26. The lowest BCUT2D eigenvalue weighted by atomic mass is 9.88. The number of rotatable bonds is 6. The fraction of sp³-hybridized carbons (Fsp3) is 0.619. The van der Waals surface area contributed by atoms with Crippen molar-refractivity contribution in [1.29, 1.82) is 0 Å². The maximum absolute atomic E-state index is 13.3. The normalized spacial score (nSPS) is 15.1. The van der Waals surface area contributed by atoms with Crippen LogP contribution in [0.2, 0.25) is 0 Å². The minimum atomic E-state index is 0. The molecule has 2 aromatic rings. The summed E-state index contributed by atoms with van der Waals surface area (Å²) in [7, 11) is 4.16. The van der Waals surface area contributed by atoms with Crippen molar-refractivity contribution in [1.82, 2.24) is 9.88 Å². The smallest absolute Gasteiger partial charge is 0.231 e. The van der Waals surface area contributed by atoms with Crippen LogP contribution in [0.25, 0.3) is 10.2 Å². The first-order valence-electron chi connectivity index (χ1n) is 9.79. The fourth-order valence-electron chi connectivity index (χ4n) is 3.89. The zero-order valence-electron chi connectivity index (χ0n) is 17.0. The monoisotopic (exact) mass is 409 g/mol. The van der Waals surface area contributed by atoms with Gasteiger partial charge in [0.25, 0.3) is 0 Å². The molecule has 0 bridgehead atoms. The Morgan fingerprint density at radius 1 is 1.15 bits per heavy atom. The average molecular weight is 410 g/mol. The van der Waals surface area contributed by atoms with E-state index in [9.17, 15) is 4.79 Å². The van der Waals surface area contributed by atoms with Crippen LogP contribution in [0.4, 0.5) is 5.13 Å². The largest absolute Gasteiger partial charge is 0.309 e. The van der Waals surface area contributed by atoms with Crippen LogP contribution in [0.5, 0.6) is 0 Å². The Hall–Kier alpha value is -1.17. The first kappa shape index (κ1) is 22.1. The molecule has 6 heteroatoms. The zero-order valence-corrected chi connectivity index (χ0v) is 18.6. The quantitative estimate of drug-likeness (QED) is 0.657. The van der Waals surface area contributed by atoms with E-state index in [0.29, 0.717) is 0 Å². The van der Waals surface area contributed by atoms with Crippen molar-refractivity contribution in [2.24, 2.45) is 5.92 Å². The van der Waals surface area contributed by atoms with Crippen LogP contribution in [0.15, 0.2) is 12.1 Å². The van der Waals surface area contributed by atoms with Gasteiger partial charge in [-0.2, -0.15) is 0 Å². The summed E-state index contributed by atoms with van der Waals surface area (Å²) < 4.78 is 1.19. The summed E-state index contributed by atoms with van der Waals surface area (Å²) in [6.07, 6.45) is 6.67. The highest BCUT2D eigenvalue weighted by atomic mass is 35.5. The van der Waals surface area contributed by atoms with E-state index >= 15 is 0 Å². The summed E-state index contributed by atoms with van der Waals surface area (Å²) in [5.74, 6) is 0.467. The summed E-state index contributed by atoms with van der Waals surface area (Å²) in [4.78, 5) is 22.3. The third-order valence-corrected chi connectivity index (χ3v) is 6.28. The van der Waals surface area contributed by atoms with Crippen molar-refractivity contribution in [3.8, 4) is 0 Å². The van der Waals surface area contributed by atoms with Gasteiger partial charge in [-0.1, -0.05) is 36.7 Å². The van der Waals surface area contributed by atoms with Gasteiger partial charge in [-0.25, -0.2) is 4.98 Å². The first-order chi connectivity index (χ1) is 12.5. The number of thiazole rings is 1. The number of carbonyl (C=O) groups is 1. The molecule has 0 saturated heterocycles. The predicted octanol–water partition coefficient (Wildman–Crippen LogP) is 5.20. The number of amides is 1. The van der Waals surface area contributed by atoms with Crippen LogP contribution in [-0.4, -0.2) is 43.0 Å². The molecule has 3 rings (SSSR count). The van der Waals surface area contributed by atoms with Crippen LogP contribution in [0.1, 0.15) is 49.7 Å². The Kier molecular flexibility index (Phi) is 8.07. The summed E-state index contributed by atoms with van der Waals surface area (Å²) in [5, 5.41) is 0.878. The molecule has 0 aliphatic heterocycles. The van der Waals surface area contributed by atoms with Gasteiger partial charge in [0.15, 0.2) is 5.13 Å². The predicted molar refractivity (Wildman–Crippen MR) is 118 cm³/mol. The standard InChI is InChI=1S/C21H31N3OS.ClH/c1-15-13-16(2)19-18(14-15)26-21(22-19)24(12-8-11-23(3)4)20(25)17-9-6-5-7-10-17;/h13-14,17H,5-12H2,1-4H3;1H. The van der Waals surface area contributed by atoms with Crippen molar-refractivity contribution in [3.05, 3.63) is 23.3 Å². The third kappa shape index (κ3) is 5.43. The molecule has 0 N–H and O–H groups in total. The molecule has 0 spiro atoms. The number of nitrogens with zero attached hydrogens (tertiary/aromatic N) is 3. The molecular weight excluding hydrogens is 378 g/mol. The Bertz CT molecular complexity index is 768. The Morgan fingerprint density at radius 2 is 1.85 bits per heavy atom. The average Bonchev–Trinajstić information content (AvgIpc) is 3.02.